The molecule has 9 heteroatoms. The number of ether oxygens (including phenoxy) is 2. The highest BCUT2D eigenvalue weighted by atomic mass is 16.6. The van der Waals surface area contributed by atoms with Crippen molar-refractivity contribution in [3.63, 3.8) is 0 Å². The molecule has 0 radical (unpaired) electrons. The van der Waals surface area contributed by atoms with Crippen LogP contribution in [0, 0.1) is 10.1 Å². The number of carbonyl (C=O) groups is 2. The molecule has 0 unspecified atom stereocenters. The summed E-state index contributed by atoms with van der Waals surface area (Å²) in [5.41, 5.74) is -0.993. The number of nitrogens with one attached hydrogen (secondary N) is 1. The Labute approximate surface area is 137 Å². The monoisotopic (exact) mass is 338 g/mol. The van der Waals surface area contributed by atoms with E-state index in [-0.39, 0.29) is 24.5 Å². The van der Waals surface area contributed by atoms with Crippen molar-refractivity contribution in [1.82, 2.24) is 5.32 Å². The maximum absolute atomic E-state index is 12.1. The van der Waals surface area contributed by atoms with Gasteiger partial charge in [-0.25, -0.2) is 0 Å². The Morgan fingerprint density at radius 3 is 2.71 bits per heavy atom. The van der Waals surface area contributed by atoms with Crippen molar-refractivity contribution in [2.45, 2.75) is 24.8 Å². The number of nitrogens with zero attached hydrogens (tertiary/aromatic N) is 1. The smallest absolute Gasteiger partial charge is 0.305 e. The van der Waals surface area contributed by atoms with Gasteiger partial charge in [0.25, 0.3) is 11.6 Å². The van der Waals surface area contributed by atoms with E-state index in [1.807, 2.05) is 0 Å². The molecule has 1 aromatic rings. The van der Waals surface area contributed by atoms with E-state index in [0.29, 0.717) is 26.1 Å². The van der Waals surface area contributed by atoms with Crippen molar-refractivity contribution in [2.24, 2.45) is 0 Å². The first-order valence-electron chi connectivity index (χ1n) is 7.38. The lowest BCUT2D eigenvalue weighted by molar-refractivity contribution is -0.384. The van der Waals surface area contributed by atoms with E-state index in [4.69, 9.17) is 14.6 Å². The largest absolute Gasteiger partial charge is 0.484 e. The topological polar surface area (TPSA) is 128 Å². The van der Waals surface area contributed by atoms with Gasteiger partial charge >= 0.3 is 5.97 Å². The van der Waals surface area contributed by atoms with Gasteiger partial charge < -0.3 is 19.9 Å². The first kappa shape index (κ1) is 17.7. The number of nitro groups is 1. The van der Waals surface area contributed by atoms with Crippen molar-refractivity contribution in [3.8, 4) is 5.75 Å². The van der Waals surface area contributed by atoms with Gasteiger partial charge in [0.05, 0.1) is 22.9 Å². The first-order chi connectivity index (χ1) is 11.4. The molecule has 1 heterocycles. The summed E-state index contributed by atoms with van der Waals surface area (Å²) in [6.07, 6.45) is 0.614. The highest BCUT2D eigenvalue weighted by Gasteiger charge is 2.36. The predicted octanol–water partition coefficient (Wildman–Crippen LogP) is 1.11. The Morgan fingerprint density at radius 2 is 2.08 bits per heavy atom. The van der Waals surface area contributed by atoms with Crippen LogP contribution in [0.3, 0.4) is 0 Å². The molecule has 9 nitrogen and oxygen atoms in total. The molecule has 1 aliphatic rings. The Balaban J connectivity index is 1.94. The van der Waals surface area contributed by atoms with Crippen LogP contribution in [0.2, 0.25) is 0 Å². The highest BCUT2D eigenvalue weighted by Crippen LogP contribution is 2.25. The van der Waals surface area contributed by atoms with Crippen LogP contribution in [0.25, 0.3) is 0 Å². The summed E-state index contributed by atoms with van der Waals surface area (Å²) in [5, 5.41) is 22.5. The van der Waals surface area contributed by atoms with Crippen molar-refractivity contribution in [2.75, 3.05) is 19.8 Å². The number of non-ortho nitro benzene ring substituents is 1. The van der Waals surface area contributed by atoms with E-state index >= 15 is 0 Å². The van der Waals surface area contributed by atoms with Gasteiger partial charge in [0, 0.05) is 19.3 Å². The van der Waals surface area contributed by atoms with E-state index in [1.165, 1.54) is 24.3 Å². The molecular formula is C15H18N2O7. The third-order valence-corrected chi connectivity index (χ3v) is 3.74. The SMILES string of the molecule is O=C(O)CC1(NC(=O)COc2cccc([N+](=O)[O-])c2)CCOCC1. The molecule has 1 aliphatic heterocycles. The summed E-state index contributed by atoms with van der Waals surface area (Å²) in [5.74, 6) is -1.29. The third-order valence-electron chi connectivity index (χ3n) is 3.74. The quantitative estimate of drug-likeness (QED) is 0.563. The number of nitro benzene ring substituents is 1. The molecule has 1 aromatic carbocycles. The summed E-state index contributed by atoms with van der Waals surface area (Å²) in [6.45, 7) is 0.391. The fraction of sp³-hybridized carbons (Fsp3) is 0.467. The zero-order chi connectivity index (χ0) is 17.6. The second-order valence-corrected chi connectivity index (χ2v) is 5.55. The number of rotatable bonds is 7. The van der Waals surface area contributed by atoms with Crippen molar-refractivity contribution < 1.29 is 29.1 Å². The molecule has 2 rings (SSSR count). The van der Waals surface area contributed by atoms with Crippen LogP contribution in [0.1, 0.15) is 19.3 Å². The molecule has 1 amide bonds. The first-order valence-corrected chi connectivity index (χ1v) is 7.38. The second-order valence-electron chi connectivity index (χ2n) is 5.55. The molecule has 0 bridgehead atoms. The summed E-state index contributed by atoms with van der Waals surface area (Å²) in [4.78, 5) is 33.3. The number of hydrogen-bond acceptors (Lipinski definition) is 6. The van der Waals surface area contributed by atoms with Crippen LogP contribution in [-0.2, 0) is 14.3 Å². The average Bonchev–Trinajstić information content (AvgIpc) is 2.53. The standard InChI is InChI=1S/C15H18N2O7/c18-13(10-24-12-3-1-2-11(8-12)17(21)22)16-15(9-14(19)20)4-6-23-7-5-15/h1-3,8H,4-7,9-10H2,(H,16,18)(H,19,20). The lowest BCUT2D eigenvalue weighted by Crippen LogP contribution is -2.54. The minimum absolute atomic E-state index is 0.139. The minimum atomic E-state index is -1.00. The number of carboxylic acids is 1. The van der Waals surface area contributed by atoms with Crippen molar-refractivity contribution >= 4 is 17.6 Å². The Hall–Kier alpha value is -2.68. The molecule has 0 spiro atoms. The van der Waals surface area contributed by atoms with Crippen LogP contribution >= 0.6 is 0 Å². The maximum atomic E-state index is 12.1. The summed E-state index contributed by atoms with van der Waals surface area (Å²) in [6, 6.07) is 5.49. The fourth-order valence-electron chi connectivity index (χ4n) is 2.57. The lowest BCUT2D eigenvalue weighted by atomic mass is 9.86. The lowest BCUT2D eigenvalue weighted by Gasteiger charge is -2.36. The van der Waals surface area contributed by atoms with E-state index < -0.39 is 22.3 Å². The van der Waals surface area contributed by atoms with Gasteiger partial charge in [-0.15, -0.1) is 0 Å². The molecular weight excluding hydrogens is 320 g/mol. The summed E-state index contributed by atoms with van der Waals surface area (Å²) < 4.78 is 10.5. The second kappa shape index (κ2) is 7.73. The maximum Gasteiger partial charge on any atom is 0.305 e. The molecule has 1 fully saturated rings. The predicted molar refractivity (Wildman–Crippen MR) is 81.8 cm³/mol. The molecule has 0 aliphatic carbocycles. The van der Waals surface area contributed by atoms with Crippen LogP contribution < -0.4 is 10.1 Å². The molecule has 0 saturated carbocycles. The number of carbonyl (C=O) groups excluding carboxylic acids is 1. The number of benzene rings is 1. The minimum Gasteiger partial charge on any atom is -0.484 e. The number of carboxylic acid groups (broad SMARTS) is 1. The van der Waals surface area contributed by atoms with Crippen LogP contribution in [0.5, 0.6) is 5.75 Å². The Kier molecular flexibility index (Phi) is 5.69. The molecule has 0 atom stereocenters. The number of aliphatic carboxylic acids is 1. The number of hydrogen-bond donors (Lipinski definition) is 2. The van der Waals surface area contributed by atoms with Crippen molar-refractivity contribution in [3.05, 3.63) is 34.4 Å². The van der Waals surface area contributed by atoms with E-state index in [9.17, 15) is 19.7 Å². The number of amides is 1. The Morgan fingerprint density at radius 1 is 1.38 bits per heavy atom. The van der Waals surface area contributed by atoms with Crippen molar-refractivity contribution in [1.29, 1.82) is 0 Å². The molecule has 0 aromatic heterocycles. The zero-order valence-corrected chi connectivity index (χ0v) is 12.9. The van der Waals surface area contributed by atoms with Crippen LogP contribution in [0.4, 0.5) is 5.69 Å². The highest BCUT2D eigenvalue weighted by molar-refractivity contribution is 5.79. The van der Waals surface area contributed by atoms with E-state index in [1.54, 1.807) is 0 Å². The van der Waals surface area contributed by atoms with Gasteiger partial charge in [-0.1, -0.05) is 6.07 Å². The average molecular weight is 338 g/mol. The Bertz CT molecular complexity index is 626. The van der Waals surface area contributed by atoms with Gasteiger partial charge in [-0.05, 0) is 18.9 Å². The molecule has 130 valence electrons. The normalized spacial score (nSPS) is 16.2. The third kappa shape index (κ3) is 4.92. The van der Waals surface area contributed by atoms with Gasteiger partial charge in [0.15, 0.2) is 6.61 Å². The molecule has 1 saturated heterocycles. The molecule has 2 N–H and O–H groups in total. The van der Waals surface area contributed by atoms with E-state index in [2.05, 4.69) is 5.32 Å². The van der Waals surface area contributed by atoms with Gasteiger partial charge in [-0.3, -0.25) is 19.7 Å². The zero-order valence-electron chi connectivity index (χ0n) is 12.9. The fourth-order valence-corrected chi connectivity index (χ4v) is 2.57. The van der Waals surface area contributed by atoms with E-state index in [0.717, 1.165) is 0 Å². The van der Waals surface area contributed by atoms with Gasteiger partial charge in [-0.2, -0.15) is 0 Å². The van der Waals surface area contributed by atoms with Crippen LogP contribution in [-0.4, -0.2) is 47.3 Å². The van der Waals surface area contributed by atoms with Gasteiger partial charge in [0.1, 0.15) is 5.75 Å². The van der Waals surface area contributed by atoms with Gasteiger partial charge in [0.2, 0.25) is 0 Å². The summed E-state index contributed by atoms with van der Waals surface area (Å²) in [7, 11) is 0. The summed E-state index contributed by atoms with van der Waals surface area (Å²) >= 11 is 0. The molecule has 24 heavy (non-hydrogen) atoms. The van der Waals surface area contributed by atoms with Crippen LogP contribution in [0.15, 0.2) is 24.3 Å².